The summed E-state index contributed by atoms with van der Waals surface area (Å²) in [4.78, 5) is 49.9. The molecule has 2 aliphatic heterocycles. The number of hydrogen-bond acceptors (Lipinski definition) is 5. The summed E-state index contributed by atoms with van der Waals surface area (Å²) in [5, 5.41) is 4.07. The van der Waals surface area contributed by atoms with E-state index >= 15 is 0 Å². The highest BCUT2D eigenvalue weighted by Crippen LogP contribution is 2.21. The van der Waals surface area contributed by atoms with E-state index in [-0.39, 0.29) is 42.4 Å². The van der Waals surface area contributed by atoms with E-state index < -0.39 is 0 Å². The summed E-state index contributed by atoms with van der Waals surface area (Å²) in [7, 11) is 0. The summed E-state index contributed by atoms with van der Waals surface area (Å²) < 4.78 is 0. The number of piperidine rings is 1. The van der Waals surface area contributed by atoms with Crippen molar-refractivity contribution >= 4 is 35.0 Å². The van der Waals surface area contributed by atoms with Gasteiger partial charge in [0.1, 0.15) is 0 Å². The molecule has 2 aliphatic rings. The lowest BCUT2D eigenvalue weighted by molar-refractivity contribution is -0.130. The molecule has 9 heteroatoms. The average molecular weight is 450 g/mol. The number of hydrogen-bond donors (Lipinski definition) is 3. The van der Waals surface area contributed by atoms with Gasteiger partial charge in [0.15, 0.2) is 0 Å². The summed E-state index contributed by atoms with van der Waals surface area (Å²) in [6.07, 6.45) is 2.15. The second kappa shape index (κ2) is 9.83. The third kappa shape index (κ3) is 5.56. The molecule has 0 aliphatic carbocycles. The van der Waals surface area contributed by atoms with Gasteiger partial charge in [0, 0.05) is 37.2 Å². The predicted molar refractivity (Wildman–Crippen MR) is 123 cm³/mol. The Morgan fingerprint density at radius 2 is 1.76 bits per heavy atom. The van der Waals surface area contributed by atoms with Crippen LogP contribution >= 0.6 is 0 Å². The fraction of sp³-hybridized carbons (Fsp3) is 0.333. The highest BCUT2D eigenvalue weighted by Gasteiger charge is 2.25. The van der Waals surface area contributed by atoms with E-state index in [4.69, 9.17) is 5.73 Å². The molecule has 2 fully saturated rings. The van der Waals surface area contributed by atoms with Gasteiger partial charge in [-0.1, -0.05) is 12.1 Å². The van der Waals surface area contributed by atoms with Gasteiger partial charge in [0.2, 0.25) is 17.7 Å². The lowest BCUT2D eigenvalue weighted by Gasteiger charge is -2.31. The van der Waals surface area contributed by atoms with Crippen LogP contribution in [-0.2, 0) is 20.9 Å². The monoisotopic (exact) mass is 449 g/mol. The number of rotatable bonds is 6. The number of likely N-dealkylation sites (tertiary alicyclic amines) is 1. The summed E-state index contributed by atoms with van der Waals surface area (Å²) in [5.74, 6) is -1.01. The van der Waals surface area contributed by atoms with Gasteiger partial charge >= 0.3 is 0 Å². The molecule has 0 saturated carbocycles. The van der Waals surface area contributed by atoms with E-state index in [2.05, 4.69) is 15.6 Å². The van der Waals surface area contributed by atoms with Crippen LogP contribution in [-0.4, -0.2) is 41.6 Å². The lowest BCUT2D eigenvalue weighted by atomic mass is 9.97. The van der Waals surface area contributed by atoms with Crippen molar-refractivity contribution in [3.63, 3.8) is 0 Å². The van der Waals surface area contributed by atoms with Crippen molar-refractivity contribution in [1.29, 1.82) is 0 Å². The summed E-state index contributed by atoms with van der Waals surface area (Å²) >= 11 is 0. The van der Waals surface area contributed by atoms with Gasteiger partial charge in [-0.2, -0.15) is 0 Å². The van der Waals surface area contributed by atoms with E-state index in [1.54, 1.807) is 24.3 Å². The molecule has 2 heterocycles. The molecular weight excluding hydrogens is 422 g/mol. The number of benzene rings is 2. The number of hydrazine groups is 1. The zero-order valence-electron chi connectivity index (χ0n) is 18.3. The Hall–Kier alpha value is -3.72. The minimum absolute atomic E-state index is 0.0898. The highest BCUT2D eigenvalue weighted by atomic mass is 16.2. The maximum atomic E-state index is 12.6. The number of anilines is 2. The Bertz CT molecular complexity index is 1050. The van der Waals surface area contributed by atoms with E-state index in [0.29, 0.717) is 23.5 Å². The molecule has 0 bridgehead atoms. The van der Waals surface area contributed by atoms with Crippen LogP contribution in [0.4, 0.5) is 11.4 Å². The Morgan fingerprint density at radius 1 is 1.03 bits per heavy atom. The molecule has 2 saturated heterocycles. The molecule has 4 N–H and O–H groups in total. The second-order valence-electron chi connectivity index (χ2n) is 8.44. The molecular formula is C24H27N5O4. The first-order valence-electron chi connectivity index (χ1n) is 11.0. The minimum Gasteiger partial charge on any atom is -0.369 e. The quantitative estimate of drug-likeness (QED) is 0.620. The Kier molecular flexibility index (Phi) is 6.69. The number of primary amides is 1. The topological polar surface area (TPSA) is 125 Å². The maximum absolute atomic E-state index is 12.6. The first-order chi connectivity index (χ1) is 15.9. The van der Waals surface area contributed by atoms with Gasteiger partial charge < -0.3 is 11.1 Å². The summed E-state index contributed by atoms with van der Waals surface area (Å²) in [6.45, 7) is 2.34. The second-order valence-corrected chi connectivity index (χ2v) is 8.44. The molecule has 4 amide bonds. The normalized spacial score (nSPS) is 19.2. The van der Waals surface area contributed by atoms with Gasteiger partial charge in [-0.25, -0.2) is 5.01 Å². The number of nitrogens with two attached hydrogens (primary N) is 1. The van der Waals surface area contributed by atoms with Crippen LogP contribution in [0.1, 0.15) is 41.6 Å². The van der Waals surface area contributed by atoms with Crippen molar-refractivity contribution < 1.29 is 19.2 Å². The number of carbonyl (C=O) groups is 4. The SMILES string of the molecule is NC(=O)C1CCCN(Cc2ccc(NC(=O)c3ccc(N4NC(=O)CCC4=O)cc3)cc2)C1. The highest BCUT2D eigenvalue weighted by molar-refractivity contribution is 6.05. The van der Waals surface area contributed by atoms with Crippen LogP contribution < -0.4 is 21.5 Å². The van der Waals surface area contributed by atoms with E-state index in [1.807, 2.05) is 24.3 Å². The fourth-order valence-corrected chi connectivity index (χ4v) is 4.13. The van der Waals surface area contributed by atoms with Crippen LogP contribution in [0.5, 0.6) is 0 Å². The average Bonchev–Trinajstić information content (AvgIpc) is 2.82. The molecule has 2 aromatic carbocycles. The van der Waals surface area contributed by atoms with E-state index in [1.165, 1.54) is 5.01 Å². The van der Waals surface area contributed by atoms with Gasteiger partial charge in [-0.3, -0.25) is 29.5 Å². The van der Waals surface area contributed by atoms with Crippen molar-refractivity contribution in [2.45, 2.75) is 32.2 Å². The Balaban J connectivity index is 1.33. The molecule has 1 unspecified atom stereocenters. The molecule has 9 nitrogen and oxygen atoms in total. The predicted octanol–water partition coefficient (Wildman–Crippen LogP) is 1.79. The Morgan fingerprint density at radius 3 is 2.45 bits per heavy atom. The van der Waals surface area contributed by atoms with Crippen molar-refractivity contribution in [1.82, 2.24) is 10.3 Å². The number of amides is 4. The molecule has 0 radical (unpaired) electrons. The van der Waals surface area contributed by atoms with Gasteiger partial charge in [0.05, 0.1) is 11.6 Å². The molecule has 33 heavy (non-hydrogen) atoms. The zero-order chi connectivity index (χ0) is 23.4. The first-order valence-corrected chi connectivity index (χ1v) is 11.0. The largest absolute Gasteiger partial charge is 0.369 e. The molecule has 2 aromatic rings. The van der Waals surface area contributed by atoms with Gasteiger partial charge in [0.25, 0.3) is 5.91 Å². The molecule has 0 aromatic heterocycles. The first kappa shape index (κ1) is 22.5. The number of nitrogens with one attached hydrogen (secondary N) is 2. The Labute approximate surface area is 191 Å². The van der Waals surface area contributed by atoms with E-state index in [0.717, 1.165) is 31.5 Å². The summed E-state index contributed by atoms with van der Waals surface area (Å²) in [6, 6.07) is 14.1. The van der Waals surface area contributed by atoms with Crippen molar-refractivity contribution in [2.24, 2.45) is 11.7 Å². The van der Waals surface area contributed by atoms with E-state index in [9.17, 15) is 19.2 Å². The zero-order valence-corrected chi connectivity index (χ0v) is 18.3. The van der Waals surface area contributed by atoms with Crippen LogP contribution in [0.25, 0.3) is 0 Å². The van der Waals surface area contributed by atoms with Gasteiger partial charge in [-0.05, 0) is 61.3 Å². The van der Waals surface area contributed by atoms with Crippen molar-refractivity contribution in [3.8, 4) is 0 Å². The van der Waals surface area contributed by atoms with Crippen molar-refractivity contribution in [2.75, 3.05) is 23.4 Å². The smallest absolute Gasteiger partial charge is 0.255 e. The molecule has 172 valence electrons. The molecule has 0 spiro atoms. The van der Waals surface area contributed by atoms with Crippen LogP contribution in [0.3, 0.4) is 0 Å². The number of nitrogens with zero attached hydrogens (tertiary/aromatic N) is 2. The lowest BCUT2D eigenvalue weighted by Crippen LogP contribution is -2.50. The van der Waals surface area contributed by atoms with Crippen molar-refractivity contribution in [3.05, 3.63) is 59.7 Å². The standard InChI is InChI=1S/C24H27N5O4/c25-23(32)18-2-1-13-28(15-18)14-16-3-7-19(8-4-16)26-24(33)17-5-9-20(10-6-17)29-22(31)12-11-21(30)27-29/h3-10,18H,1-2,11-15H2,(H2,25,32)(H,26,33)(H,27,30). The third-order valence-electron chi connectivity index (χ3n) is 5.97. The van der Waals surface area contributed by atoms with Gasteiger partial charge in [-0.15, -0.1) is 0 Å². The van der Waals surface area contributed by atoms with Crippen LogP contribution in [0.15, 0.2) is 48.5 Å². The van der Waals surface area contributed by atoms with Crippen LogP contribution in [0, 0.1) is 5.92 Å². The van der Waals surface area contributed by atoms with Crippen LogP contribution in [0.2, 0.25) is 0 Å². The third-order valence-corrected chi connectivity index (χ3v) is 5.97. The summed E-state index contributed by atoms with van der Waals surface area (Å²) in [5.41, 5.74) is 10.7. The fourth-order valence-electron chi connectivity index (χ4n) is 4.13. The maximum Gasteiger partial charge on any atom is 0.255 e. The molecule has 1 atom stereocenters. The minimum atomic E-state index is -0.274. The number of carbonyl (C=O) groups excluding carboxylic acids is 4. The molecule has 4 rings (SSSR count).